The zero-order valence-corrected chi connectivity index (χ0v) is 15.8. The van der Waals surface area contributed by atoms with Gasteiger partial charge in [0.1, 0.15) is 11.4 Å². The second-order valence-electron chi connectivity index (χ2n) is 6.04. The molecule has 8 heteroatoms. The number of rotatable bonds is 9. The van der Waals surface area contributed by atoms with Crippen LogP contribution in [0.3, 0.4) is 0 Å². The lowest BCUT2D eigenvalue weighted by Crippen LogP contribution is -2.31. The van der Waals surface area contributed by atoms with Gasteiger partial charge in [0.05, 0.1) is 24.8 Å². The number of sulfonamides is 1. The minimum Gasteiger partial charge on any atom is -0.501 e. The second kappa shape index (κ2) is 7.99. The van der Waals surface area contributed by atoms with Gasteiger partial charge in [0.2, 0.25) is 15.8 Å². The number of hydrogen-bond donors (Lipinski definition) is 0. The minimum absolute atomic E-state index is 0.0175. The average Bonchev–Trinajstić information content (AvgIpc) is 3.39. The van der Waals surface area contributed by atoms with E-state index in [9.17, 15) is 22.4 Å². The number of allylic oxidation sites excluding steroid dienone is 1. The van der Waals surface area contributed by atoms with Crippen molar-refractivity contribution in [2.45, 2.75) is 26.7 Å². The van der Waals surface area contributed by atoms with E-state index in [4.69, 9.17) is 4.74 Å². The first kappa shape index (κ1) is 20.1. The molecule has 0 heterocycles. The number of Topliss-reactive ketones (excluding diaryl/α,β-unsaturated/α-hetero) is 2. The van der Waals surface area contributed by atoms with Gasteiger partial charge in [-0.1, -0.05) is 0 Å². The van der Waals surface area contributed by atoms with Crippen LogP contribution < -0.4 is 4.31 Å². The molecule has 1 saturated carbocycles. The van der Waals surface area contributed by atoms with Crippen LogP contribution in [-0.2, 0) is 19.6 Å². The molecule has 0 aliphatic heterocycles. The van der Waals surface area contributed by atoms with Crippen molar-refractivity contribution in [3.63, 3.8) is 0 Å². The summed E-state index contributed by atoms with van der Waals surface area (Å²) in [4.78, 5) is 25.5. The Morgan fingerprint density at radius 3 is 2.46 bits per heavy atom. The Morgan fingerprint density at radius 1 is 1.31 bits per heavy atom. The number of hydrogen-bond acceptors (Lipinski definition) is 5. The Bertz CT molecular complexity index is 843. The third-order valence-corrected chi connectivity index (χ3v) is 5.24. The van der Waals surface area contributed by atoms with Crippen LogP contribution in [0.5, 0.6) is 0 Å². The quantitative estimate of drug-likeness (QED) is 0.215. The van der Waals surface area contributed by atoms with Gasteiger partial charge in [-0.3, -0.25) is 13.9 Å². The number of nitrogens with zero attached hydrogens (tertiary/aromatic N) is 1. The second-order valence-corrected chi connectivity index (χ2v) is 7.95. The maximum absolute atomic E-state index is 13.8. The van der Waals surface area contributed by atoms with E-state index in [0.717, 1.165) is 29.0 Å². The molecule has 0 amide bonds. The highest BCUT2D eigenvalue weighted by Gasteiger charge is 2.36. The molecule has 142 valence electrons. The number of halogens is 1. The van der Waals surface area contributed by atoms with Gasteiger partial charge >= 0.3 is 0 Å². The summed E-state index contributed by atoms with van der Waals surface area (Å²) in [6, 6.07) is 3.24. The molecule has 0 saturated heterocycles. The molecule has 26 heavy (non-hydrogen) atoms. The van der Waals surface area contributed by atoms with Crippen LogP contribution in [0.15, 0.2) is 30.0 Å². The number of carbonyl (C=O) groups is 2. The zero-order chi connectivity index (χ0) is 19.5. The largest absolute Gasteiger partial charge is 0.501 e. The highest BCUT2D eigenvalue weighted by molar-refractivity contribution is 7.92. The Balaban J connectivity index is 2.55. The van der Waals surface area contributed by atoms with Gasteiger partial charge in [0, 0.05) is 18.0 Å². The average molecular weight is 383 g/mol. The van der Waals surface area contributed by atoms with Crippen molar-refractivity contribution in [1.29, 1.82) is 0 Å². The molecule has 0 atom stereocenters. The summed E-state index contributed by atoms with van der Waals surface area (Å²) in [7, 11) is -3.73. The van der Waals surface area contributed by atoms with Crippen molar-refractivity contribution in [3.05, 3.63) is 41.4 Å². The van der Waals surface area contributed by atoms with Crippen LogP contribution in [0.2, 0.25) is 0 Å². The molecule has 0 aromatic heterocycles. The van der Waals surface area contributed by atoms with Gasteiger partial charge in [-0.2, -0.15) is 0 Å². The summed E-state index contributed by atoms with van der Waals surface area (Å²) in [6.45, 7) is 3.58. The van der Waals surface area contributed by atoms with E-state index in [-0.39, 0.29) is 41.7 Å². The van der Waals surface area contributed by atoms with Crippen LogP contribution in [0.4, 0.5) is 10.1 Å². The summed E-state index contributed by atoms with van der Waals surface area (Å²) < 4.78 is 43.9. The lowest BCUT2D eigenvalue weighted by atomic mass is 9.97. The van der Waals surface area contributed by atoms with Gasteiger partial charge in [-0.25, -0.2) is 12.8 Å². The van der Waals surface area contributed by atoms with E-state index in [1.807, 2.05) is 0 Å². The molecule has 1 aliphatic carbocycles. The van der Waals surface area contributed by atoms with Gasteiger partial charge in [0.25, 0.3) is 0 Å². The number of benzene rings is 1. The maximum Gasteiger partial charge on any atom is 0.232 e. The van der Waals surface area contributed by atoms with Crippen LogP contribution in [-0.4, -0.2) is 39.4 Å². The molecular formula is C18H22FNO5S. The summed E-state index contributed by atoms with van der Waals surface area (Å²) in [5.41, 5.74) is -0.295. The SMILES string of the molecule is CCO/C=C(\C(=O)c1ccc(F)cc1N(CC)S(C)(=O)=O)C(=O)C1CC1. The number of carbonyl (C=O) groups excluding carboxylic acids is 2. The molecule has 0 radical (unpaired) electrons. The molecule has 0 bridgehead atoms. The molecule has 2 rings (SSSR count). The predicted octanol–water partition coefficient (Wildman–Crippen LogP) is 2.69. The first-order valence-corrected chi connectivity index (χ1v) is 10.2. The van der Waals surface area contributed by atoms with Crippen molar-refractivity contribution < 1.29 is 27.1 Å². The highest BCUT2D eigenvalue weighted by Crippen LogP contribution is 2.34. The lowest BCUT2D eigenvalue weighted by Gasteiger charge is -2.23. The Hall–Kier alpha value is -2.22. The fourth-order valence-electron chi connectivity index (χ4n) is 2.59. The molecule has 6 nitrogen and oxygen atoms in total. The summed E-state index contributed by atoms with van der Waals surface area (Å²) in [5, 5.41) is 0. The lowest BCUT2D eigenvalue weighted by molar-refractivity contribution is -0.116. The third kappa shape index (κ3) is 4.49. The van der Waals surface area contributed by atoms with Crippen LogP contribution in [0.25, 0.3) is 0 Å². The number of anilines is 1. The molecule has 0 spiro atoms. The van der Waals surface area contributed by atoms with E-state index in [2.05, 4.69) is 0 Å². The fourth-order valence-corrected chi connectivity index (χ4v) is 3.56. The maximum atomic E-state index is 13.8. The van der Waals surface area contributed by atoms with Crippen molar-refractivity contribution in [1.82, 2.24) is 0 Å². The van der Waals surface area contributed by atoms with Gasteiger partial charge in [-0.05, 0) is 44.9 Å². The van der Waals surface area contributed by atoms with Crippen molar-refractivity contribution in [2.24, 2.45) is 5.92 Å². The van der Waals surface area contributed by atoms with Crippen molar-refractivity contribution in [3.8, 4) is 0 Å². The van der Waals surface area contributed by atoms with E-state index in [0.29, 0.717) is 12.8 Å². The monoisotopic (exact) mass is 383 g/mol. The summed E-state index contributed by atoms with van der Waals surface area (Å²) in [5.74, 6) is -1.90. The van der Waals surface area contributed by atoms with E-state index in [1.54, 1.807) is 13.8 Å². The topological polar surface area (TPSA) is 80.8 Å². The zero-order valence-electron chi connectivity index (χ0n) is 15.0. The van der Waals surface area contributed by atoms with Crippen LogP contribution >= 0.6 is 0 Å². The summed E-state index contributed by atoms with van der Waals surface area (Å²) >= 11 is 0. The highest BCUT2D eigenvalue weighted by atomic mass is 32.2. The first-order valence-electron chi connectivity index (χ1n) is 8.38. The first-order chi connectivity index (χ1) is 12.2. The van der Waals surface area contributed by atoms with E-state index in [1.165, 1.54) is 6.07 Å². The van der Waals surface area contributed by atoms with Crippen LogP contribution in [0.1, 0.15) is 37.0 Å². The van der Waals surface area contributed by atoms with Gasteiger partial charge in [-0.15, -0.1) is 0 Å². The molecule has 1 fully saturated rings. The Kier molecular flexibility index (Phi) is 6.17. The molecular weight excluding hydrogens is 361 g/mol. The molecule has 0 N–H and O–H groups in total. The molecule has 1 aliphatic rings. The van der Waals surface area contributed by atoms with E-state index >= 15 is 0 Å². The van der Waals surface area contributed by atoms with Crippen LogP contribution in [0, 0.1) is 11.7 Å². The third-order valence-electron chi connectivity index (χ3n) is 3.99. The van der Waals surface area contributed by atoms with Crippen molar-refractivity contribution >= 4 is 27.3 Å². The molecule has 1 aromatic rings. The molecule has 1 aromatic carbocycles. The minimum atomic E-state index is -3.73. The summed E-state index contributed by atoms with van der Waals surface area (Å²) in [6.07, 6.45) is 3.50. The van der Waals surface area contributed by atoms with Crippen molar-refractivity contribution in [2.75, 3.05) is 23.7 Å². The van der Waals surface area contributed by atoms with Gasteiger partial charge in [0.15, 0.2) is 5.78 Å². The van der Waals surface area contributed by atoms with E-state index < -0.39 is 21.6 Å². The predicted molar refractivity (Wildman–Crippen MR) is 96.0 cm³/mol. The Labute approximate surface area is 152 Å². The number of ether oxygens (including phenoxy) is 1. The fraction of sp³-hybridized carbons (Fsp3) is 0.444. The number of ketones is 2. The van der Waals surface area contributed by atoms with Gasteiger partial charge < -0.3 is 4.74 Å². The molecule has 0 unspecified atom stereocenters. The normalized spacial score (nSPS) is 14.8. The smallest absolute Gasteiger partial charge is 0.232 e. The standard InChI is InChI=1S/C18H22FNO5S/c1-4-20(26(3,23)24)16-10-13(19)8-9-14(16)18(22)15(11-25-5-2)17(21)12-6-7-12/h8-12H,4-7H2,1-3H3/b15-11-. The Morgan fingerprint density at radius 2 is 1.96 bits per heavy atom.